The summed E-state index contributed by atoms with van der Waals surface area (Å²) in [5.41, 5.74) is 8.93. The molecule has 0 radical (unpaired) electrons. The van der Waals surface area contributed by atoms with Gasteiger partial charge in [0.05, 0.1) is 25.1 Å². The largest absolute Gasteiger partial charge is 0.493 e. The summed E-state index contributed by atoms with van der Waals surface area (Å²) in [6, 6.07) is 19.0. The Morgan fingerprint density at radius 3 is 2.73 bits per heavy atom. The van der Waals surface area contributed by atoms with Crippen LogP contribution in [-0.2, 0) is 48.6 Å². The van der Waals surface area contributed by atoms with Crippen molar-refractivity contribution in [1.82, 2.24) is 24.1 Å². The third-order valence-corrected chi connectivity index (χ3v) is 12.0. The lowest BCUT2D eigenvalue weighted by molar-refractivity contribution is 0.0587. The average molecular weight is 712 g/mol. The molecular formula is C38H38ClN5O3S2. The van der Waals surface area contributed by atoms with Gasteiger partial charge in [0.2, 0.25) is 0 Å². The van der Waals surface area contributed by atoms with Gasteiger partial charge in [-0.2, -0.15) is 10.2 Å². The van der Waals surface area contributed by atoms with E-state index in [0.717, 1.165) is 103 Å². The number of aryl methyl sites for hydroxylation is 4. The predicted octanol–water partition coefficient (Wildman–Crippen LogP) is 8.98. The third-order valence-electron chi connectivity index (χ3n) is 9.70. The lowest BCUT2D eigenvalue weighted by Gasteiger charge is -2.16. The highest BCUT2D eigenvalue weighted by Gasteiger charge is 2.29. The van der Waals surface area contributed by atoms with Crippen molar-refractivity contribution in [1.29, 1.82) is 0 Å². The fraction of sp³-hybridized carbons (Fsp3) is 0.342. The Morgan fingerprint density at radius 2 is 1.86 bits per heavy atom. The number of hydrogen-bond donors (Lipinski definition) is 0. The van der Waals surface area contributed by atoms with E-state index in [1.807, 2.05) is 48.6 Å². The maximum Gasteiger partial charge on any atom is 0.354 e. The molecule has 0 fully saturated rings. The van der Waals surface area contributed by atoms with E-state index in [4.69, 9.17) is 31.3 Å². The average Bonchev–Trinajstić information content (AvgIpc) is 3.75. The summed E-state index contributed by atoms with van der Waals surface area (Å²) in [5.74, 6) is 2.81. The molecule has 8 nitrogen and oxygen atoms in total. The van der Waals surface area contributed by atoms with Gasteiger partial charge in [0.1, 0.15) is 11.4 Å². The van der Waals surface area contributed by atoms with Gasteiger partial charge in [-0.15, -0.1) is 23.5 Å². The molecule has 2 aliphatic rings. The van der Waals surface area contributed by atoms with E-state index in [1.165, 1.54) is 18.5 Å². The number of nitrogens with zero attached hydrogens (tertiary/aromatic N) is 5. The van der Waals surface area contributed by atoms with E-state index < -0.39 is 0 Å². The summed E-state index contributed by atoms with van der Waals surface area (Å²) < 4.78 is 18.2. The van der Waals surface area contributed by atoms with Gasteiger partial charge in [-0.05, 0) is 73.9 Å². The van der Waals surface area contributed by atoms with Crippen molar-refractivity contribution in [3.63, 3.8) is 0 Å². The van der Waals surface area contributed by atoms with Crippen LogP contribution in [0.2, 0.25) is 5.02 Å². The molecule has 8 rings (SSSR count). The number of rotatable bonds is 1. The second-order valence-electron chi connectivity index (χ2n) is 12.8. The molecule has 8 bridgehead atoms. The molecule has 252 valence electrons. The molecule has 3 aromatic heterocycles. The molecule has 3 aromatic carbocycles. The van der Waals surface area contributed by atoms with Gasteiger partial charge >= 0.3 is 5.97 Å². The van der Waals surface area contributed by atoms with Crippen molar-refractivity contribution in [3.8, 4) is 16.9 Å². The van der Waals surface area contributed by atoms with Crippen LogP contribution in [-0.4, -0.2) is 43.8 Å². The minimum Gasteiger partial charge on any atom is -0.493 e. The van der Waals surface area contributed by atoms with Crippen molar-refractivity contribution >= 4 is 62.8 Å². The van der Waals surface area contributed by atoms with Crippen LogP contribution in [0.25, 0.3) is 32.8 Å². The van der Waals surface area contributed by atoms with Crippen LogP contribution in [0.15, 0.2) is 59.5 Å². The highest BCUT2D eigenvalue weighted by molar-refractivity contribution is 7.98. The van der Waals surface area contributed by atoms with Crippen LogP contribution in [0.5, 0.6) is 5.75 Å². The monoisotopic (exact) mass is 711 g/mol. The molecule has 0 saturated heterocycles. The van der Waals surface area contributed by atoms with Gasteiger partial charge in [-0.3, -0.25) is 9.36 Å². The molecule has 49 heavy (non-hydrogen) atoms. The van der Waals surface area contributed by atoms with Crippen molar-refractivity contribution in [2.24, 2.45) is 7.05 Å². The molecule has 11 heteroatoms. The minimum absolute atomic E-state index is 0.357. The van der Waals surface area contributed by atoms with E-state index in [1.54, 1.807) is 11.8 Å². The van der Waals surface area contributed by atoms with Crippen molar-refractivity contribution < 1.29 is 14.3 Å². The van der Waals surface area contributed by atoms with Crippen molar-refractivity contribution in [2.45, 2.75) is 67.9 Å². The zero-order valence-electron chi connectivity index (χ0n) is 27.9. The van der Waals surface area contributed by atoms with E-state index in [-0.39, 0.29) is 5.97 Å². The topological polar surface area (TPSA) is 76.1 Å². The molecule has 0 aliphatic carbocycles. The first-order valence-electron chi connectivity index (χ1n) is 16.8. The number of ether oxygens (including phenoxy) is 2. The Bertz CT molecular complexity index is 2240. The van der Waals surface area contributed by atoms with Gasteiger partial charge in [0.25, 0.3) is 0 Å². The summed E-state index contributed by atoms with van der Waals surface area (Å²) in [5, 5.41) is 13.9. The Hall–Kier alpha value is -3.86. The molecule has 0 spiro atoms. The third kappa shape index (κ3) is 5.91. The summed E-state index contributed by atoms with van der Waals surface area (Å²) in [6.07, 6.45) is 3.85. The fourth-order valence-corrected chi connectivity index (χ4v) is 9.51. The van der Waals surface area contributed by atoms with Crippen LogP contribution in [0.3, 0.4) is 0 Å². The number of benzene rings is 3. The van der Waals surface area contributed by atoms with E-state index >= 15 is 0 Å². The van der Waals surface area contributed by atoms with E-state index in [9.17, 15) is 4.79 Å². The van der Waals surface area contributed by atoms with Crippen LogP contribution in [0.1, 0.15) is 58.1 Å². The van der Waals surface area contributed by atoms with Gasteiger partial charge in [-0.25, -0.2) is 4.79 Å². The first kappa shape index (κ1) is 32.4. The zero-order chi connectivity index (χ0) is 33.6. The highest BCUT2D eigenvalue weighted by Crippen LogP contribution is 2.44. The SMILES string of the molecule is COC(=O)c1c(C)c2c3c(Cl)ccc2n1CCCOc1cc(cc2ccccc12)SCc1cc(nn1C)CSCc1nn2c(c1-3)CCCC2. The highest BCUT2D eigenvalue weighted by atomic mass is 35.5. The Balaban J connectivity index is 1.27. The van der Waals surface area contributed by atoms with Crippen molar-refractivity contribution in [3.05, 3.63) is 93.7 Å². The number of methoxy groups -OCH3 is 1. The number of thioether (sulfide) groups is 2. The zero-order valence-corrected chi connectivity index (χ0v) is 30.3. The molecule has 0 unspecified atom stereocenters. The Morgan fingerprint density at radius 1 is 0.980 bits per heavy atom. The smallest absolute Gasteiger partial charge is 0.354 e. The molecule has 0 atom stereocenters. The number of hydrogen-bond acceptors (Lipinski definition) is 7. The van der Waals surface area contributed by atoms with Gasteiger partial charge in [-0.1, -0.05) is 35.9 Å². The number of halogens is 1. The second kappa shape index (κ2) is 13.5. The molecule has 0 saturated carbocycles. The summed E-state index contributed by atoms with van der Waals surface area (Å²) in [4.78, 5) is 14.6. The molecule has 6 aromatic rings. The number of carbonyl (C=O) groups excluding carboxylic acids is 1. The van der Waals surface area contributed by atoms with Crippen LogP contribution < -0.4 is 4.74 Å². The molecule has 5 heterocycles. The summed E-state index contributed by atoms with van der Waals surface area (Å²) in [7, 11) is 3.47. The Kier molecular flexibility index (Phi) is 8.88. The quantitative estimate of drug-likeness (QED) is 0.158. The van der Waals surface area contributed by atoms with E-state index in [2.05, 4.69) is 45.6 Å². The van der Waals surface area contributed by atoms with Crippen LogP contribution in [0, 0.1) is 6.92 Å². The van der Waals surface area contributed by atoms with Crippen molar-refractivity contribution in [2.75, 3.05) is 13.7 Å². The standard InChI is InChI=1S/C38H38ClN5O3S2/c1-23-34-31-13-12-29(39)35(34)36-30(41-44-15-7-6-11-32(36)44)22-48-20-25-18-26(42(2)40-25)21-49-27-17-24-9-4-5-10-28(24)33(19-27)47-16-8-14-43(31)37(23)38(45)46-3/h4-5,9-10,12-13,17-19H,6-8,11,14-16,20-22H2,1-3H3. The maximum absolute atomic E-state index is 13.4. The predicted molar refractivity (Wildman–Crippen MR) is 199 cm³/mol. The van der Waals surface area contributed by atoms with Gasteiger partial charge in [0, 0.05) is 86.1 Å². The number of fused-ring (bicyclic) bond motifs is 10. The van der Waals surface area contributed by atoms with Crippen LogP contribution >= 0.6 is 35.1 Å². The molecule has 0 N–H and O–H groups in total. The first-order valence-corrected chi connectivity index (χ1v) is 19.3. The minimum atomic E-state index is -0.357. The molecule has 2 aliphatic heterocycles. The Labute approximate surface area is 299 Å². The number of carbonyl (C=O) groups is 1. The number of esters is 1. The van der Waals surface area contributed by atoms with Gasteiger partial charge in [0.15, 0.2) is 0 Å². The second-order valence-corrected chi connectivity index (χ2v) is 15.2. The molecule has 0 amide bonds. The lowest BCUT2D eigenvalue weighted by atomic mass is 9.94. The normalized spacial score (nSPS) is 15.4. The summed E-state index contributed by atoms with van der Waals surface area (Å²) >= 11 is 10.8. The first-order chi connectivity index (χ1) is 23.9. The number of aromatic nitrogens is 5. The van der Waals surface area contributed by atoms with Crippen LogP contribution in [0.4, 0.5) is 0 Å². The lowest BCUT2D eigenvalue weighted by Crippen LogP contribution is -2.13. The molecular weight excluding hydrogens is 674 g/mol. The maximum atomic E-state index is 13.4. The fourth-order valence-electron chi connectivity index (χ4n) is 7.43. The van der Waals surface area contributed by atoms with E-state index in [0.29, 0.717) is 30.3 Å². The summed E-state index contributed by atoms with van der Waals surface area (Å²) in [6.45, 7) is 3.98. The van der Waals surface area contributed by atoms with Gasteiger partial charge < -0.3 is 14.0 Å².